The summed E-state index contributed by atoms with van der Waals surface area (Å²) in [6.07, 6.45) is 0. The Hall–Kier alpha value is -0.215. The molecule has 0 bridgehead atoms. The molecule has 1 aliphatic rings. The van der Waals surface area contributed by atoms with Gasteiger partial charge in [-0.1, -0.05) is 23.2 Å². The minimum Gasteiger partial charge on any atom is -0.399 e. The van der Waals surface area contributed by atoms with E-state index in [1.807, 2.05) is 39.8 Å². The molecule has 0 atom stereocenters. The molecule has 0 spiro atoms. The Morgan fingerprint density at radius 2 is 1.29 bits per heavy atom. The third-order valence-electron chi connectivity index (χ3n) is 3.41. The lowest BCUT2D eigenvalue weighted by atomic mass is 9.79. The van der Waals surface area contributed by atoms with Gasteiger partial charge in [0, 0.05) is 10.0 Å². The van der Waals surface area contributed by atoms with E-state index in [2.05, 4.69) is 0 Å². The van der Waals surface area contributed by atoms with Crippen molar-refractivity contribution in [3.63, 3.8) is 0 Å². The standard InChI is InChI=1S/C12H15BCl2O2/c1-11(2)12(3,4)17-13(16-11)8-5-9(14)7-10(15)6-8/h5-7H,1-4H3. The zero-order valence-corrected chi connectivity index (χ0v) is 11.9. The van der Waals surface area contributed by atoms with E-state index in [0.717, 1.165) is 5.46 Å². The molecule has 0 saturated carbocycles. The minimum absolute atomic E-state index is 0.355. The van der Waals surface area contributed by atoms with Crippen LogP contribution in [0.1, 0.15) is 27.7 Å². The van der Waals surface area contributed by atoms with Gasteiger partial charge in [0.2, 0.25) is 0 Å². The van der Waals surface area contributed by atoms with Gasteiger partial charge >= 0.3 is 7.12 Å². The Balaban J connectivity index is 2.32. The van der Waals surface area contributed by atoms with Gasteiger partial charge in [0.05, 0.1) is 11.2 Å². The maximum atomic E-state index is 5.98. The minimum atomic E-state index is -0.420. The molecule has 1 fully saturated rings. The van der Waals surface area contributed by atoms with Crippen LogP contribution < -0.4 is 5.46 Å². The van der Waals surface area contributed by atoms with Crippen LogP contribution in [0.25, 0.3) is 0 Å². The zero-order valence-electron chi connectivity index (χ0n) is 10.4. The highest BCUT2D eigenvalue weighted by Gasteiger charge is 2.51. The maximum Gasteiger partial charge on any atom is 0.494 e. The predicted octanol–water partition coefficient (Wildman–Crippen LogP) is 3.29. The molecule has 1 aliphatic heterocycles. The summed E-state index contributed by atoms with van der Waals surface area (Å²) in [6.45, 7) is 8.05. The van der Waals surface area contributed by atoms with E-state index in [9.17, 15) is 0 Å². The smallest absolute Gasteiger partial charge is 0.399 e. The lowest BCUT2D eigenvalue weighted by Crippen LogP contribution is -2.41. The van der Waals surface area contributed by atoms with E-state index in [0.29, 0.717) is 10.0 Å². The van der Waals surface area contributed by atoms with Crippen LogP contribution in [-0.2, 0) is 9.31 Å². The molecule has 1 aromatic carbocycles. The van der Waals surface area contributed by atoms with Gasteiger partial charge < -0.3 is 9.31 Å². The predicted molar refractivity (Wildman–Crippen MR) is 72.2 cm³/mol. The molecule has 0 amide bonds. The summed E-state index contributed by atoms with van der Waals surface area (Å²) in [6, 6.07) is 5.32. The Bertz CT molecular complexity index is 410. The van der Waals surface area contributed by atoms with Gasteiger partial charge in [0.25, 0.3) is 0 Å². The van der Waals surface area contributed by atoms with Crippen molar-refractivity contribution in [3.8, 4) is 0 Å². The number of hydrogen-bond donors (Lipinski definition) is 0. The second kappa shape index (κ2) is 4.16. The SMILES string of the molecule is CC1(C)OB(c2cc(Cl)cc(Cl)c2)OC1(C)C. The van der Waals surface area contributed by atoms with Crippen molar-refractivity contribution in [1.82, 2.24) is 0 Å². The Morgan fingerprint density at radius 3 is 1.71 bits per heavy atom. The summed E-state index contributed by atoms with van der Waals surface area (Å²) >= 11 is 12.0. The third-order valence-corrected chi connectivity index (χ3v) is 3.85. The van der Waals surface area contributed by atoms with E-state index in [4.69, 9.17) is 32.5 Å². The lowest BCUT2D eigenvalue weighted by Gasteiger charge is -2.32. The van der Waals surface area contributed by atoms with Crippen LogP contribution in [-0.4, -0.2) is 18.3 Å². The van der Waals surface area contributed by atoms with Crippen LogP contribution in [0.15, 0.2) is 18.2 Å². The molecule has 17 heavy (non-hydrogen) atoms. The largest absolute Gasteiger partial charge is 0.494 e. The molecular formula is C12H15BCl2O2. The highest BCUT2D eigenvalue weighted by Crippen LogP contribution is 2.36. The van der Waals surface area contributed by atoms with Crippen molar-refractivity contribution in [2.24, 2.45) is 0 Å². The van der Waals surface area contributed by atoms with E-state index < -0.39 is 7.12 Å². The van der Waals surface area contributed by atoms with Gasteiger partial charge in [-0.05, 0) is 51.4 Å². The van der Waals surface area contributed by atoms with Crippen molar-refractivity contribution in [2.45, 2.75) is 38.9 Å². The summed E-state index contributed by atoms with van der Waals surface area (Å²) < 4.78 is 11.8. The van der Waals surface area contributed by atoms with E-state index in [-0.39, 0.29) is 11.2 Å². The van der Waals surface area contributed by atoms with Gasteiger partial charge in [-0.3, -0.25) is 0 Å². The van der Waals surface area contributed by atoms with Gasteiger partial charge in [-0.2, -0.15) is 0 Å². The van der Waals surface area contributed by atoms with Crippen molar-refractivity contribution in [2.75, 3.05) is 0 Å². The first-order valence-corrected chi connectivity index (χ1v) is 6.28. The third kappa shape index (κ3) is 2.48. The van der Waals surface area contributed by atoms with Gasteiger partial charge in [0.1, 0.15) is 0 Å². The Kier molecular flexibility index (Phi) is 3.24. The molecule has 1 saturated heterocycles. The molecule has 0 unspecified atom stereocenters. The van der Waals surface area contributed by atoms with Crippen LogP contribution in [0.4, 0.5) is 0 Å². The molecule has 1 aromatic rings. The first-order valence-electron chi connectivity index (χ1n) is 5.53. The van der Waals surface area contributed by atoms with Crippen molar-refractivity contribution >= 4 is 35.8 Å². The molecular weight excluding hydrogens is 258 g/mol. The topological polar surface area (TPSA) is 18.5 Å². The summed E-state index contributed by atoms with van der Waals surface area (Å²) in [5.41, 5.74) is 0.139. The van der Waals surface area contributed by atoms with Gasteiger partial charge in [-0.15, -0.1) is 0 Å². The highest BCUT2D eigenvalue weighted by molar-refractivity contribution is 6.62. The Labute approximate surface area is 112 Å². The zero-order chi connectivity index (χ0) is 12.8. The van der Waals surface area contributed by atoms with E-state index in [1.54, 1.807) is 6.07 Å². The van der Waals surface area contributed by atoms with Crippen LogP contribution >= 0.6 is 23.2 Å². The fraction of sp³-hybridized carbons (Fsp3) is 0.500. The quantitative estimate of drug-likeness (QED) is 0.731. The average Bonchev–Trinajstić information content (AvgIpc) is 2.34. The van der Waals surface area contributed by atoms with Crippen LogP contribution in [0, 0.1) is 0 Å². The first-order chi connectivity index (χ1) is 7.71. The van der Waals surface area contributed by atoms with Gasteiger partial charge in [-0.25, -0.2) is 0 Å². The van der Waals surface area contributed by atoms with Crippen molar-refractivity contribution in [3.05, 3.63) is 28.2 Å². The average molecular weight is 273 g/mol. The maximum absolute atomic E-state index is 5.98. The number of halogens is 2. The lowest BCUT2D eigenvalue weighted by molar-refractivity contribution is 0.00578. The number of rotatable bonds is 1. The molecule has 0 N–H and O–H groups in total. The first kappa shape index (κ1) is 13.2. The highest BCUT2D eigenvalue weighted by atomic mass is 35.5. The van der Waals surface area contributed by atoms with Crippen LogP contribution in [0.2, 0.25) is 10.0 Å². The monoisotopic (exact) mass is 272 g/mol. The van der Waals surface area contributed by atoms with E-state index >= 15 is 0 Å². The normalized spacial score (nSPS) is 21.9. The summed E-state index contributed by atoms with van der Waals surface area (Å²) in [7, 11) is -0.420. The van der Waals surface area contributed by atoms with Crippen molar-refractivity contribution < 1.29 is 9.31 Å². The van der Waals surface area contributed by atoms with E-state index in [1.165, 1.54) is 0 Å². The molecule has 2 rings (SSSR count). The second-order valence-electron chi connectivity index (χ2n) is 5.29. The number of hydrogen-bond acceptors (Lipinski definition) is 2. The second-order valence-corrected chi connectivity index (χ2v) is 6.16. The molecule has 92 valence electrons. The molecule has 0 aromatic heterocycles. The molecule has 0 aliphatic carbocycles. The summed E-state index contributed by atoms with van der Waals surface area (Å²) in [5, 5.41) is 1.17. The number of benzene rings is 1. The Morgan fingerprint density at radius 1 is 0.882 bits per heavy atom. The molecule has 2 nitrogen and oxygen atoms in total. The summed E-state index contributed by atoms with van der Waals surface area (Å²) in [4.78, 5) is 0. The van der Waals surface area contributed by atoms with Crippen LogP contribution in [0.3, 0.4) is 0 Å². The summed E-state index contributed by atoms with van der Waals surface area (Å²) in [5.74, 6) is 0. The van der Waals surface area contributed by atoms with Crippen molar-refractivity contribution in [1.29, 1.82) is 0 Å². The fourth-order valence-electron chi connectivity index (χ4n) is 1.69. The fourth-order valence-corrected chi connectivity index (χ4v) is 2.23. The molecule has 5 heteroatoms. The molecule has 1 heterocycles. The molecule has 0 radical (unpaired) electrons. The van der Waals surface area contributed by atoms with Crippen LogP contribution in [0.5, 0.6) is 0 Å². The van der Waals surface area contributed by atoms with Gasteiger partial charge in [0.15, 0.2) is 0 Å².